The maximum Gasteiger partial charge on any atom is 0.324 e. The van der Waals surface area contributed by atoms with Crippen molar-refractivity contribution in [2.45, 2.75) is 50.1 Å². The van der Waals surface area contributed by atoms with E-state index in [1.807, 2.05) is 0 Å². The summed E-state index contributed by atoms with van der Waals surface area (Å²) in [5.74, 6) is 0.109. The smallest absolute Gasteiger partial charge is 0.324 e. The van der Waals surface area contributed by atoms with Gasteiger partial charge in [-0.3, -0.25) is 4.79 Å². The lowest BCUT2D eigenvalue weighted by molar-refractivity contribution is -0.148. The lowest BCUT2D eigenvalue weighted by Gasteiger charge is -2.42. The second kappa shape index (κ2) is 4.25. The molecule has 0 bridgehead atoms. The minimum atomic E-state index is -0.635. The molecule has 2 unspecified atom stereocenters. The highest BCUT2D eigenvalue weighted by atomic mass is 16.4. The van der Waals surface area contributed by atoms with Gasteiger partial charge in [0.1, 0.15) is 5.54 Å². The average molecular weight is 238 g/mol. The number of carboxylic acid groups (broad SMARTS) is 1. The highest BCUT2D eigenvalue weighted by Gasteiger charge is 2.46. The van der Waals surface area contributed by atoms with Crippen LogP contribution in [0.15, 0.2) is 0 Å². The molecule has 1 saturated carbocycles. The van der Waals surface area contributed by atoms with E-state index in [4.69, 9.17) is 0 Å². The van der Waals surface area contributed by atoms with Gasteiger partial charge >= 0.3 is 5.97 Å². The largest absolute Gasteiger partial charge is 0.480 e. The molecule has 4 nitrogen and oxygen atoms in total. The Labute approximate surface area is 102 Å². The first-order valence-corrected chi connectivity index (χ1v) is 6.92. The number of carboxylic acids is 1. The van der Waals surface area contributed by atoms with E-state index in [0.29, 0.717) is 6.04 Å². The number of piperidine rings is 1. The number of aliphatic carboxylic acids is 1. The molecule has 4 heteroatoms. The summed E-state index contributed by atoms with van der Waals surface area (Å²) in [7, 11) is 0. The standard InChI is InChI=1S/C13H22N2O2/c16-12(17)13(14-9-10-3-4-10)5-7-15-6-1-2-11(15)8-13/h10-11,14H,1-9H2,(H,16,17). The number of fused-ring (bicyclic) bond motifs is 1. The molecule has 3 aliphatic rings. The maximum absolute atomic E-state index is 11.6. The lowest BCUT2D eigenvalue weighted by atomic mass is 9.83. The molecule has 0 spiro atoms. The molecule has 2 aliphatic heterocycles. The Bertz CT molecular complexity index is 317. The van der Waals surface area contributed by atoms with Crippen LogP contribution in [0.3, 0.4) is 0 Å². The van der Waals surface area contributed by atoms with Crippen LogP contribution >= 0.6 is 0 Å². The molecular formula is C13H22N2O2. The van der Waals surface area contributed by atoms with Crippen molar-refractivity contribution in [3.05, 3.63) is 0 Å². The van der Waals surface area contributed by atoms with Crippen LogP contribution in [0.2, 0.25) is 0 Å². The molecule has 0 radical (unpaired) electrons. The van der Waals surface area contributed by atoms with E-state index in [1.54, 1.807) is 0 Å². The van der Waals surface area contributed by atoms with Crippen LogP contribution in [-0.2, 0) is 4.79 Å². The van der Waals surface area contributed by atoms with Crippen LogP contribution in [0.4, 0.5) is 0 Å². The Morgan fingerprint density at radius 3 is 2.88 bits per heavy atom. The SMILES string of the molecule is O=C(O)C1(NCC2CC2)CCN2CCCC2C1. The van der Waals surface area contributed by atoms with E-state index < -0.39 is 11.5 Å². The number of carbonyl (C=O) groups is 1. The molecule has 1 aliphatic carbocycles. The Hall–Kier alpha value is -0.610. The van der Waals surface area contributed by atoms with Crippen molar-refractivity contribution >= 4 is 5.97 Å². The average Bonchev–Trinajstić information content (AvgIpc) is 3.03. The van der Waals surface area contributed by atoms with Crippen molar-refractivity contribution in [3.63, 3.8) is 0 Å². The third-order valence-corrected chi connectivity index (χ3v) is 4.74. The van der Waals surface area contributed by atoms with Crippen LogP contribution in [0.25, 0.3) is 0 Å². The minimum Gasteiger partial charge on any atom is -0.480 e. The van der Waals surface area contributed by atoms with Gasteiger partial charge in [-0.15, -0.1) is 0 Å². The first kappa shape index (κ1) is 11.5. The molecule has 0 aromatic carbocycles. The highest BCUT2D eigenvalue weighted by Crippen LogP contribution is 2.35. The summed E-state index contributed by atoms with van der Waals surface area (Å²) < 4.78 is 0. The fourth-order valence-electron chi connectivity index (χ4n) is 3.35. The molecule has 0 amide bonds. The second-order valence-corrected chi connectivity index (χ2v) is 6.00. The van der Waals surface area contributed by atoms with Crippen LogP contribution in [0.1, 0.15) is 38.5 Å². The molecule has 3 rings (SSSR count). The van der Waals surface area contributed by atoms with Gasteiger partial charge in [0, 0.05) is 12.6 Å². The predicted molar refractivity (Wildman–Crippen MR) is 64.9 cm³/mol. The van der Waals surface area contributed by atoms with E-state index in [0.717, 1.165) is 31.8 Å². The van der Waals surface area contributed by atoms with Gasteiger partial charge in [-0.1, -0.05) is 0 Å². The topological polar surface area (TPSA) is 52.6 Å². The molecular weight excluding hydrogens is 216 g/mol. The first-order valence-electron chi connectivity index (χ1n) is 6.92. The summed E-state index contributed by atoms with van der Waals surface area (Å²) in [4.78, 5) is 14.1. The van der Waals surface area contributed by atoms with E-state index in [-0.39, 0.29) is 0 Å². The highest BCUT2D eigenvalue weighted by molar-refractivity contribution is 5.79. The normalized spacial score (nSPS) is 38.0. The van der Waals surface area contributed by atoms with Crippen molar-refractivity contribution in [3.8, 4) is 0 Å². The van der Waals surface area contributed by atoms with Gasteiger partial charge in [-0.05, 0) is 57.5 Å². The van der Waals surface area contributed by atoms with E-state index in [2.05, 4.69) is 10.2 Å². The van der Waals surface area contributed by atoms with Gasteiger partial charge in [-0.25, -0.2) is 0 Å². The molecule has 2 saturated heterocycles. The fraction of sp³-hybridized carbons (Fsp3) is 0.923. The van der Waals surface area contributed by atoms with Gasteiger partial charge in [-0.2, -0.15) is 0 Å². The summed E-state index contributed by atoms with van der Waals surface area (Å²) in [6.07, 6.45) is 6.54. The number of nitrogens with one attached hydrogen (secondary N) is 1. The van der Waals surface area contributed by atoms with Crippen LogP contribution in [0.5, 0.6) is 0 Å². The molecule has 2 N–H and O–H groups in total. The number of hydrogen-bond donors (Lipinski definition) is 2. The van der Waals surface area contributed by atoms with Gasteiger partial charge < -0.3 is 15.3 Å². The minimum absolute atomic E-state index is 0.506. The second-order valence-electron chi connectivity index (χ2n) is 6.00. The Kier molecular flexibility index (Phi) is 2.87. The predicted octanol–water partition coefficient (Wildman–Crippen LogP) is 1.07. The van der Waals surface area contributed by atoms with Crippen molar-refractivity contribution < 1.29 is 9.90 Å². The lowest BCUT2D eigenvalue weighted by Crippen LogP contribution is -2.60. The quantitative estimate of drug-likeness (QED) is 0.769. The van der Waals surface area contributed by atoms with E-state index in [9.17, 15) is 9.90 Å². The van der Waals surface area contributed by atoms with Gasteiger partial charge in [0.05, 0.1) is 0 Å². The molecule has 0 aromatic rings. The van der Waals surface area contributed by atoms with Crippen molar-refractivity contribution in [2.75, 3.05) is 19.6 Å². The fourth-order valence-corrected chi connectivity index (χ4v) is 3.35. The summed E-state index contributed by atoms with van der Waals surface area (Å²) in [6, 6.07) is 0.506. The molecule has 96 valence electrons. The zero-order valence-electron chi connectivity index (χ0n) is 10.3. The summed E-state index contributed by atoms with van der Waals surface area (Å²) in [5, 5.41) is 12.9. The zero-order chi connectivity index (χ0) is 11.9. The van der Waals surface area contributed by atoms with Crippen molar-refractivity contribution in [1.29, 1.82) is 0 Å². The number of hydrogen-bond acceptors (Lipinski definition) is 3. The monoisotopic (exact) mass is 238 g/mol. The Morgan fingerprint density at radius 2 is 2.18 bits per heavy atom. The van der Waals surface area contributed by atoms with E-state index in [1.165, 1.54) is 32.2 Å². The third kappa shape index (κ3) is 2.20. The zero-order valence-corrected chi connectivity index (χ0v) is 10.3. The molecule has 17 heavy (non-hydrogen) atoms. The third-order valence-electron chi connectivity index (χ3n) is 4.74. The number of rotatable bonds is 4. The summed E-state index contributed by atoms with van der Waals surface area (Å²) in [5.41, 5.74) is -0.631. The Balaban J connectivity index is 1.67. The van der Waals surface area contributed by atoms with Crippen molar-refractivity contribution in [2.24, 2.45) is 5.92 Å². The van der Waals surface area contributed by atoms with Crippen LogP contribution in [0, 0.1) is 5.92 Å². The van der Waals surface area contributed by atoms with E-state index >= 15 is 0 Å². The van der Waals surface area contributed by atoms with Crippen LogP contribution < -0.4 is 5.32 Å². The molecule has 3 fully saturated rings. The van der Waals surface area contributed by atoms with Gasteiger partial charge in [0.15, 0.2) is 0 Å². The van der Waals surface area contributed by atoms with Crippen LogP contribution in [-0.4, -0.2) is 47.2 Å². The Morgan fingerprint density at radius 1 is 1.35 bits per heavy atom. The molecule has 0 aromatic heterocycles. The van der Waals surface area contributed by atoms with Gasteiger partial charge in [0.25, 0.3) is 0 Å². The molecule has 2 atom stereocenters. The molecule has 2 heterocycles. The summed E-state index contributed by atoms with van der Waals surface area (Å²) >= 11 is 0. The van der Waals surface area contributed by atoms with Gasteiger partial charge in [0.2, 0.25) is 0 Å². The number of nitrogens with zero attached hydrogens (tertiary/aromatic N) is 1. The first-order chi connectivity index (χ1) is 8.20. The maximum atomic E-state index is 11.6. The summed E-state index contributed by atoms with van der Waals surface area (Å²) in [6.45, 7) is 3.02. The van der Waals surface area contributed by atoms with Crippen molar-refractivity contribution in [1.82, 2.24) is 10.2 Å².